The maximum Gasteiger partial charge on any atom is 0.160 e. The van der Waals surface area contributed by atoms with Crippen LogP contribution in [0.25, 0.3) is 0 Å². The average Bonchev–Trinajstić information content (AvgIpc) is 2.79. The summed E-state index contributed by atoms with van der Waals surface area (Å²) >= 11 is 0. The lowest BCUT2D eigenvalue weighted by molar-refractivity contribution is 0.126. The molecule has 0 bridgehead atoms. The smallest absolute Gasteiger partial charge is 0.160 e. The van der Waals surface area contributed by atoms with Crippen LogP contribution in [0.5, 0.6) is 0 Å². The predicted octanol–water partition coefficient (Wildman–Crippen LogP) is 1.79. The zero-order valence-corrected chi connectivity index (χ0v) is 11.3. The van der Waals surface area contributed by atoms with Gasteiger partial charge in [0.05, 0.1) is 28.7 Å². The second kappa shape index (κ2) is 5.27. The second-order valence-corrected chi connectivity index (χ2v) is 6.85. The van der Waals surface area contributed by atoms with Crippen LogP contribution in [0.15, 0.2) is 18.2 Å². The van der Waals surface area contributed by atoms with E-state index in [9.17, 15) is 12.8 Å². The second-order valence-electron chi connectivity index (χ2n) is 4.63. The number of sulfone groups is 1. The van der Waals surface area contributed by atoms with Crippen molar-refractivity contribution in [1.29, 1.82) is 5.26 Å². The van der Waals surface area contributed by atoms with E-state index >= 15 is 0 Å². The molecule has 1 heterocycles. The van der Waals surface area contributed by atoms with Crippen LogP contribution in [0, 0.1) is 17.1 Å². The van der Waals surface area contributed by atoms with Gasteiger partial charge in [-0.2, -0.15) is 5.26 Å². The minimum Gasteiger partial charge on any atom is -0.377 e. The van der Waals surface area contributed by atoms with Crippen molar-refractivity contribution in [3.8, 4) is 6.07 Å². The number of rotatable bonds is 3. The van der Waals surface area contributed by atoms with E-state index in [2.05, 4.69) is 0 Å². The molecule has 0 aliphatic carbocycles. The van der Waals surface area contributed by atoms with E-state index in [0.29, 0.717) is 13.0 Å². The molecule has 102 valence electrons. The Balaban J connectivity index is 2.23. The molecule has 2 rings (SSSR count). The fraction of sp³-hybridized carbons (Fsp3) is 0.462. The summed E-state index contributed by atoms with van der Waals surface area (Å²) in [5.74, 6) is -1.02. The third-order valence-corrected chi connectivity index (χ3v) is 5.56. The molecule has 19 heavy (non-hydrogen) atoms. The van der Waals surface area contributed by atoms with Gasteiger partial charge in [-0.1, -0.05) is 6.07 Å². The highest BCUT2D eigenvalue weighted by Crippen LogP contribution is 2.25. The van der Waals surface area contributed by atoms with Crippen molar-refractivity contribution in [1.82, 2.24) is 0 Å². The molecule has 1 fully saturated rings. The molecule has 1 aliphatic heterocycles. The molecule has 4 nitrogen and oxygen atoms in total. The van der Waals surface area contributed by atoms with Crippen molar-refractivity contribution < 1.29 is 17.5 Å². The molecule has 6 heteroatoms. The Morgan fingerprint density at radius 3 is 2.79 bits per heavy atom. The van der Waals surface area contributed by atoms with Gasteiger partial charge in [0.25, 0.3) is 0 Å². The first kappa shape index (κ1) is 14.0. The third-order valence-electron chi connectivity index (χ3n) is 3.31. The number of nitrogens with zero attached hydrogens (tertiary/aromatic N) is 1. The molecule has 1 aromatic carbocycles. The largest absolute Gasteiger partial charge is 0.377 e. The van der Waals surface area contributed by atoms with Crippen LogP contribution in [-0.4, -0.2) is 26.4 Å². The van der Waals surface area contributed by atoms with Crippen LogP contribution < -0.4 is 0 Å². The predicted molar refractivity (Wildman–Crippen MR) is 67.6 cm³/mol. The molecule has 1 aromatic rings. The van der Waals surface area contributed by atoms with Gasteiger partial charge in [0.2, 0.25) is 0 Å². The highest BCUT2D eigenvalue weighted by Gasteiger charge is 2.36. The summed E-state index contributed by atoms with van der Waals surface area (Å²) in [6.07, 6.45) is 0.0907. The minimum absolute atomic E-state index is 0.0955. The van der Waals surface area contributed by atoms with Gasteiger partial charge in [0, 0.05) is 12.2 Å². The first-order chi connectivity index (χ1) is 8.94. The standard InChI is InChI=1S/C13H14FNO3S/c1-9-13(4-5-18-9)19(16,17)8-11-3-2-10(7-15)6-12(11)14/h2-3,6,9,13H,4-5,8H2,1H3. The zero-order chi connectivity index (χ0) is 14.0. The molecule has 0 aromatic heterocycles. The number of nitriles is 1. The molecular weight excluding hydrogens is 269 g/mol. The number of ether oxygens (including phenoxy) is 1. The molecule has 2 unspecified atom stereocenters. The monoisotopic (exact) mass is 283 g/mol. The topological polar surface area (TPSA) is 67.2 Å². The van der Waals surface area contributed by atoms with Gasteiger partial charge in [-0.3, -0.25) is 0 Å². The Hall–Kier alpha value is -1.45. The Bertz CT molecular complexity index is 621. The lowest BCUT2D eigenvalue weighted by atomic mass is 10.1. The lowest BCUT2D eigenvalue weighted by Gasteiger charge is -2.15. The number of hydrogen-bond acceptors (Lipinski definition) is 4. The van der Waals surface area contributed by atoms with Crippen molar-refractivity contribution >= 4 is 9.84 Å². The summed E-state index contributed by atoms with van der Waals surface area (Å²) in [5, 5.41) is 8.06. The molecule has 0 saturated carbocycles. The maximum atomic E-state index is 13.7. The Morgan fingerprint density at radius 2 is 2.26 bits per heavy atom. The molecule has 1 saturated heterocycles. The van der Waals surface area contributed by atoms with Crippen LogP contribution in [-0.2, 0) is 20.3 Å². The van der Waals surface area contributed by atoms with Gasteiger partial charge in [-0.25, -0.2) is 12.8 Å². The molecular formula is C13H14FNO3S. The van der Waals surface area contributed by atoms with E-state index in [0.717, 1.165) is 6.07 Å². The summed E-state index contributed by atoms with van der Waals surface area (Å²) in [6, 6.07) is 5.64. The highest BCUT2D eigenvalue weighted by molar-refractivity contribution is 7.91. The van der Waals surface area contributed by atoms with Gasteiger partial charge >= 0.3 is 0 Å². The fourth-order valence-electron chi connectivity index (χ4n) is 2.24. The first-order valence-electron chi connectivity index (χ1n) is 5.96. The van der Waals surface area contributed by atoms with Gasteiger partial charge in [-0.05, 0) is 25.5 Å². The van der Waals surface area contributed by atoms with Gasteiger partial charge in [0.1, 0.15) is 5.82 Å². The first-order valence-corrected chi connectivity index (χ1v) is 7.67. The van der Waals surface area contributed by atoms with Crippen LogP contribution in [0.3, 0.4) is 0 Å². The van der Waals surface area contributed by atoms with Crippen molar-refractivity contribution in [3.63, 3.8) is 0 Å². The van der Waals surface area contributed by atoms with Crippen LogP contribution in [0.4, 0.5) is 4.39 Å². The van der Waals surface area contributed by atoms with Crippen molar-refractivity contribution in [2.24, 2.45) is 0 Å². The van der Waals surface area contributed by atoms with Crippen molar-refractivity contribution in [3.05, 3.63) is 35.1 Å². The highest BCUT2D eigenvalue weighted by atomic mass is 32.2. The third kappa shape index (κ3) is 2.94. The van der Waals surface area contributed by atoms with E-state index in [1.165, 1.54) is 12.1 Å². The summed E-state index contributed by atoms with van der Waals surface area (Å²) in [7, 11) is -3.45. The Labute approximate surface area is 111 Å². The van der Waals surface area contributed by atoms with Gasteiger partial charge in [0.15, 0.2) is 9.84 Å². The average molecular weight is 283 g/mol. The zero-order valence-electron chi connectivity index (χ0n) is 10.5. The summed E-state index contributed by atoms with van der Waals surface area (Å²) in [6.45, 7) is 2.13. The van der Waals surface area contributed by atoms with E-state index in [-0.39, 0.29) is 23.0 Å². The van der Waals surface area contributed by atoms with Gasteiger partial charge < -0.3 is 4.74 Å². The minimum atomic E-state index is -3.45. The van der Waals surface area contributed by atoms with E-state index in [1.54, 1.807) is 6.92 Å². The number of halogens is 1. The maximum absolute atomic E-state index is 13.7. The number of hydrogen-bond donors (Lipinski definition) is 0. The normalized spacial score (nSPS) is 23.2. The van der Waals surface area contributed by atoms with E-state index in [1.807, 2.05) is 6.07 Å². The molecule has 0 N–H and O–H groups in total. The van der Waals surface area contributed by atoms with Crippen molar-refractivity contribution in [2.45, 2.75) is 30.5 Å². The van der Waals surface area contributed by atoms with Crippen LogP contribution in [0.2, 0.25) is 0 Å². The molecule has 0 spiro atoms. The van der Waals surface area contributed by atoms with E-state index in [4.69, 9.17) is 10.00 Å². The Morgan fingerprint density at radius 1 is 1.53 bits per heavy atom. The summed E-state index contributed by atoms with van der Waals surface area (Å²) in [4.78, 5) is 0. The Kier molecular flexibility index (Phi) is 3.88. The lowest BCUT2D eigenvalue weighted by Crippen LogP contribution is -2.29. The molecule has 1 aliphatic rings. The fourth-order valence-corrected chi connectivity index (χ4v) is 4.24. The number of benzene rings is 1. The van der Waals surface area contributed by atoms with Crippen LogP contribution in [0.1, 0.15) is 24.5 Å². The van der Waals surface area contributed by atoms with Gasteiger partial charge in [-0.15, -0.1) is 0 Å². The quantitative estimate of drug-likeness (QED) is 0.848. The van der Waals surface area contributed by atoms with Crippen LogP contribution >= 0.6 is 0 Å². The van der Waals surface area contributed by atoms with Crippen molar-refractivity contribution in [2.75, 3.05) is 6.61 Å². The molecule has 2 atom stereocenters. The SMILES string of the molecule is CC1OCCC1S(=O)(=O)Cc1ccc(C#N)cc1F. The molecule has 0 radical (unpaired) electrons. The van der Waals surface area contributed by atoms with E-state index < -0.39 is 20.9 Å². The molecule has 0 amide bonds. The summed E-state index contributed by atoms with van der Waals surface area (Å²) in [5.41, 5.74) is 0.273. The summed E-state index contributed by atoms with van der Waals surface area (Å²) < 4.78 is 43.4.